The Labute approximate surface area is 181 Å². The zero-order valence-electron chi connectivity index (χ0n) is 16.2. The summed E-state index contributed by atoms with van der Waals surface area (Å²) in [6.07, 6.45) is 1.28. The van der Waals surface area contributed by atoms with Crippen LogP contribution in [0.1, 0.15) is 30.6 Å². The minimum Gasteiger partial charge on any atom is -0.465 e. The van der Waals surface area contributed by atoms with E-state index in [9.17, 15) is 14.0 Å². The largest absolute Gasteiger partial charge is 0.465 e. The average molecular weight is 448 g/mol. The fourth-order valence-electron chi connectivity index (χ4n) is 3.50. The van der Waals surface area contributed by atoms with Gasteiger partial charge in [0, 0.05) is 0 Å². The van der Waals surface area contributed by atoms with E-state index in [1.54, 1.807) is 31.2 Å². The number of anilines is 1. The van der Waals surface area contributed by atoms with Crippen molar-refractivity contribution < 1.29 is 13.9 Å². The lowest BCUT2D eigenvalue weighted by atomic mass is 9.96. The van der Waals surface area contributed by atoms with Gasteiger partial charge in [0.05, 0.1) is 27.6 Å². The summed E-state index contributed by atoms with van der Waals surface area (Å²) in [5.74, 6) is -0.436. The van der Waals surface area contributed by atoms with Gasteiger partial charge in [-0.15, -0.1) is 11.3 Å². The van der Waals surface area contributed by atoms with Crippen LogP contribution in [-0.2, 0) is 22.5 Å². The number of benzene rings is 1. The lowest BCUT2D eigenvalue weighted by molar-refractivity contribution is -0.143. The molecule has 1 aromatic carbocycles. The van der Waals surface area contributed by atoms with E-state index < -0.39 is 5.97 Å². The van der Waals surface area contributed by atoms with Gasteiger partial charge in [-0.2, -0.15) is 0 Å². The number of halogens is 2. The fourth-order valence-corrected chi connectivity index (χ4v) is 4.54. The van der Waals surface area contributed by atoms with Gasteiger partial charge in [-0.1, -0.05) is 23.7 Å². The first-order valence-corrected chi connectivity index (χ1v) is 10.7. The number of carbonyl (C=O) groups excluding carboxylic acids is 1. The van der Waals surface area contributed by atoms with Crippen LogP contribution >= 0.6 is 22.9 Å². The van der Waals surface area contributed by atoms with Crippen LogP contribution in [0.2, 0.25) is 4.34 Å². The molecule has 0 saturated carbocycles. The van der Waals surface area contributed by atoms with Gasteiger partial charge < -0.3 is 10.1 Å². The van der Waals surface area contributed by atoms with Crippen LogP contribution in [-0.4, -0.2) is 22.1 Å². The number of aromatic nitrogens is 2. The lowest BCUT2D eigenvalue weighted by Gasteiger charge is -2.27. The maximum Gasteiger partial charge on any atom is 0.326 e. The first kappa shape index (κ1) is 20.6. The predicted octanol–water partition coefficient (Wildman–Crippen LogP) is 4.43. The molecular weight excluding hydrogens is 429 g/mol. The molecule has 0 bridgehead atoms. The van der Waals surface area contributed by atoms with Crippen molar-refractivity contribution in [1.29, 1.82) is 0 Å². The van der Waals surface area contributed by atoms with Gasteiger partial charge in [0.25, 0.3) is 5.56 Å². The minimum atomic E-state index is -0.517. The number of hydrogen-bond acceptors (Lipinski definition) is 6. The maximum atomic E-state index is 13.3. The molecule has 6 nitrogen and oxygen atoms in total. The van der Waals surface area contributed by atoms with Crippen LogP contribution < -0.4 is 10.9 Å². The Morgan fingerprint density at radius 2 is 2.10 bits per heavy atom. The molecule has 0 radical (unpaired) electrons. The first-order valence-electron chi connectivity index (χ1n) is 9.53. The highest BCUT2D eigenvalue weighted by molar-refractivity contribution is 7.19. The summed E-state index contributed by atoms with van der Waals surface area (Å²) in [4.78, 5) is 30.9. The van der Waals surface area contributed by atoms with Crippen LogP contribution in [0.15, 0.2) is 41.2 Å². The van der Waals surface area contributed by atoms with Gasteiger partial charge >= 0.3 is 5.97 Å². The summed E-state index contributed by atoms with van der Waals surface area (Å²) >= 11 is 7.36. The Hall–Kier alpha value is -2.71. The van der Waals surface area contributed by atoms with E-state index in [4.69, 9.17) is 21.3 Å². The van der Waals surface area contributed by atoms with Crippen molar-refractivity contribution in [2.24, 2.45) is 0 Å². The summed E-state index contributed by atoms with van der Waals surface area (Å²) < 4.78 is 20.2. The normalized spacial score (nSPS) is 15.4. The Kier molecular flexibility index (Phi) is 5.87. The molecule has 0 fully saturated rings. The third-order valence-electron chi connectivity index (χ3n) is 4.89. The molecule has 156 valence electrons. The number of carbonyl (C=O) groups is 1. The number of hydrogen-bond donors (Lipinski definition) is 1. The van der Waals surface area contributed by atoms with Crippen LogP contribution in [0.4, 0.5) is 10.1 Å². The molecule has 3 heterocycles. The number of ether oxygens (including phenoxy) is 1. The standard InChI is InChI=1S/C21H19ClFN3O3S/c1-2-29-18(27)11-26-20(16-9-10-17(22)30-16)25-15-8-7-14(24-19(15)21(26)28)12-3-5-13(23)6-4-12/h3-6,9-10,14,24H,2,7-8,11H2,1H3/t14-/m0/s1. The third-order valence-corrected chi connectivity index (χ3v) is 6.12. The van der Waals surface area contributed by atoms with Gasteiger partial charge in [0.1, 0.15) is 18.0 Å². The van der Waals surface area contributed by atoms with Crippen LogP contribution in [0.5, 0.6) is 0 Å². The third kappa shape index (κ3) is 4.11. The second kappa shape index (κ2) is 8.57. The van der Waals surface area contributed by atoms with Crippen molar-refractivity contribution in [1.82, 2.24) is 9.55 Å². The summed E-state index contributed by atoms with van der Waals surface area (Å²) in [7, 11) is 0. The number of nitrogens with zero attached hydrogens (tertiary/aromatic N) is 2. The molecule has 0 amide bonds. The van der Waals surface area contributed by atoms with Crippen LogP contribution in [0.3, 0.4) is 0 Å². The molecule has 30 heavy (non-hydrogen) atoms. The van der Waals surface area contributed by atoms with Gasteiger partial charge in [-0.05, 0) is 49.6 Å². The summed E-state index contributed by atoms with van der Waals surface area (Å²) in [5, 5.41) is 3.24. The molecular formula is C21H19ClFN3O3S. The summed E-state index contributed by atoms with van der Waals surface area (Å²) in [6, 6.07) is 9.55. The molecule has 1 atom stereocenters. The van der Waals surface area contributed by atoms with E-state index in [2.05, 4.69) is 5.32 Å². The highest BCUT2D eigenvalue weighted by Gasteiger charge is 2.27. The highest BCUT2D eigenvalue weighted by atomic mass is 35.5. The van der Waals surface area contributed by atoms with Crippen molar-refractivity contribution in [3.63, 3.8) is 0 Å². The van der Waals surface area contributed by atoms with E-state index >= 15 is 0 Å². The zero-order valence-corrected chi connectivity index (χ0v) is 17.7. The first-order chi connectivity index (χ1) is 14.5. The van der Waals surface area contributed by atoms with E-state index in [1.165, 1.54) is 28.0 Å². The highest BCUT2D eigenvalue weighted by Crippen LogP contribution is 2.34. The Morgan fingerprint density at radius 1 is 1.33 bits per heavy atom. The van der Waals surface area contributed by atoms with Gasteiger partial charge in [-0.3, -0.25) is 14.2 Å². The molecule has 0 aliphatic carbocycles. The zero-order chi connectivity index (χ0) is 21.3. The molecule has 0 saturated heterocycles. The summed E-state index contributed by atoms with van der Waals surface area (Å²) in [5.41, 5.74) is 1.52. The molecule has 9 heteroatoms. The molecule has 4 rings (SSSR count). The van der Waals surface area contributed by atoms with Crippen molar-refractivity contribution in [3.05, 3.63) is 68.2 Å². The van der Waals surface area contributed by atoms with Gasteiger partial charge in [0.15, 0.2) is 5.82 Å². The maximum absolute atomic E-state index is 13.3. The van der Waals surface area contributed by atoms with E-state index in [0.717, 1.165) is 5.56 Å². The number of fused-ring (bicyclic) bond motifs is 1. The smallest absolute Gasteiger partial charge is 0.326 e. The van der Waals surface area contributed by atoms with Crippen LogP contribution in [0.25, 0.3) is 10.7 Å². The number of nitrogens with one attached hydrogen (secondary N) is 1. The average Bonchev–Trinajstić information content (AvgIpc) is 3.16. The second-order valence-electron chi connectivity index (χ2n) is 6.84. The molecule has 2 aromatic heterocycles. The van der Waals surface area contributed by atoms with E-state index in [-0.39, 0.29) is 30.6 Å². The minimum absolute atomic E-state index is 0.148. The molecule has 0 spiro atoms. The Balaban J connectivity index is 1.76. The number of esters is 1. The van der Waals surface area contributed by atoms with Gasteiger partial charge in [-0.25, -0.2) is 9.37 Å². The molecule has 1 aliphatic rings. The number of rotatable bonds is 5. The molecule has 1 N–H and O–H groups in total. The molecule has 0 unspecified atom stereocenters. The van der Waals surface area contributed by atoms with Crippen molar-refractivity contribution in [2.45, 2.75) is 32.4 Å². The van der Waals surface area contributed by atoms with Crippen LogP contribution in [0, 0.1) is 5.82 Å². The fraction of sp³-hybridized carbons (Fsp3) is 0.286. The molecule has 3 aromatic rings. The second-order valence-corrected chi connectivity index (χ2v) is 8.56. The van der Waals surface area contributed by atoms with E-state index in [0.29, 0.717) is 39.3 Å². The quantitative estimate of drug-likeness (QED) is 0.586. The lowest BCUT2D eigenvalue weighted by Crippen LogP contribution is -2.34. The molecule has 1 aliphatic heterocycles. The Morgan fingerprint density at radius 3 is 2.77 bits per heavy atom. The van der Waals surface area contributed by atoms with E-state index in [1.807, 2.05) is 0 Å². The van der Waals surface area contributed by atoms with Crippen molar-refractivity contribution >= 4 is 34.6 Å². The number of aryl methyl sites for hydroxylation is 1. The topological polar surface area (TPSA) is 73.2 Å². The van der Waals surface area contributed by atoms with Gasteiger partial charge in [0.2, 0.25) is 0 Å². The Bertz CT molecular complexity index is 1140. The monoisotopic (exact) mass is 447 g/mol. The SMILES string of the molecule is CCOC(=O)Cn1c(-c2ccc(Cl)s2)nc2c(c1=O)N[C@H](c1ccc(F)cc1)CC2. The van der Waals surface area contributed by atoms with Crippen molar-refractivity contribution in [2.75, 3.05) is 11.9 Å². The van der Waals surface area contributed by atoms with Crippen molar-refractivity contribution in [3.8, 4) is 10.7 Å². The summed E-state index contributed by atoms with van der Waals surface area (Å²) in [6.45, 7) is 1.68. The number of thiophene rings is 1. The predicted molar refractivity (Wildman–Crippen MR) is 115 cm³/mol.